The number of ether oxygens (including phenoxy) is 1. The Morgan fingerprint density at radius 2 is 2.05 bits per heavy atom. The quantitative estimate of drug-likeness (QED) is 0.762. The lowest BCUT2D eigenvalue weighted by molar-refractivity contribution is 0.242. The van der Waals surface area contributed by atoms with Crippen molar-refractivity contribution < 1.29 is 4.74 Å². The Morgan fingerprint density at radius 1 is 1.32 bits per heavy atom. The molecule has 3 heteroatoms. The Balaban J connectivity index is 2.16. The predicted molar refractivity (Wildman–Crippen MR) is 81.8 cm³/mol. The Hall–Kier alpha value is -1.38. The average molecular weight is 262 g/mol. The third-order valence-corrected chi connectivity index (χ3v) is 3.32. The summed E-state index contributed by atoms with van der Waals surface area (Å²) in [6.45, 7) is 8.53. The van der Waals surface area contributed by atoms with Crippen LogP contribution in [0.1, 0.15) is 40.0 Å². The average Bonchev–Trinajstić information content (AvgIpc) is 3.10. The van der Waals surface area contributed by atoms with Gasteiger partial charge in [-0.1, -0.05) is 6.92 Å². The van der Waals surface area contributed by atoms with Gasteiger partial charge in [0.05, 0.1) is 6.10 Å². The van der Waals surface area contributed by atoms with E-state index in [0.29, 0.717) is 0 Å². The standard InChI is InChI=1S/C16H26N2O/c1-4-7-18(11-13-5-6-13)15-8-14(17)9-16(10-15)19-12(2)3/h8-10,12-13H,4-7,11,17H2,1-3H3. The summed E-state index contributed by atoms with van der Waals surface area (Å²) in [6, 6.07) is 6.09. The molecule has 0 spiro atoms. The highest BCUT2D eigenvalue weighted by molar-refractivity contribution is 5.60. The number of benzene rings is 1. The molecule has 3 nitrogen and oxygen atoms in total. The topological polar surface area (TPSA) is 38.5 Å². The second-order valence-electron chi connectivity index (χ2n) is 5.82. The van der Waals surface area contributed by atoms with Gasteiger partial charge in [-0.2, -0.15) is 0 Å². The van der Waals surface area contributed by atoms with Crippen LogP contribution in [0.25, 0.3) is 0 Å². The summed E-state index contributed by atoms with van der Waals surface area (Å²) in [5, 5.41) is 0. The third-order valence-electron chi connectivity index (χ3n) is 3.32. The summed E-state index contributed by atoms with van der Waals surface area (Å²) in [7, 11) is 0. The van der Waals surface area contributed by atoms with Gasteiger partial charge in [0.15, 0.2) is 0 Å². The molecule has 19 heavy (non-hydrogen) atoms. The molecule has 1 saturated carbocycles. The molecule has 0 atom stereocenters. The van der Waals surface area contributed by atoms with Crippen molar-refractivity contribution in [2.45, 2.75) is 46.1 Å². The largest absolute Gasteiger partial charge is 0.491 e. The van der Waals surface area contributed by atoms with Crippen molar-refractivity contribution in [1.82, 2.24) is 0 Å². The van der Waals surface area contributed by atoms with E-state index in [0.717, 1.165) is 36.9 Å². The molecule has 0 amide bonds. The van der Waals surface area contributed by atoms with E-state index in [1.165, 1.54) is 18.5 Å². The van der Waals surface area contributed by atoms with E-state index in [-0.39, 0.29) is 6.10 Å². The molecule has 2 rings (SSSR count). The lowest BCUT2D eigenvalue weighted by atomic mass is 10.2. The molecule has 1 aliphatic carbocycles. The molecule has 1 aliphatic rings. The van der Waals surface area contributed by atoms with E-state index in [4.69, 9.17) is 10.5 Å². The van der Waals surface area contributed by atoms with Gasteiger partial charge >= 0.3 is 0 Å². The fourth-order valence-corrected chi connectivity index (χ4v) is 2.34. The minimum Gasteiger partial charge on any atom is -0.491 e. The van der Waals surface area contributed by atoms with Crippen molar-refractivity contribution in [1.29, 1.82) is 0 Å². The Kier molecular flexibility index (Phi) is 4.56. The number of hydrogen-bond acceptors (Lipinski definition) is 3. The Bertz CT molecular complexity index is 413. The summed E-state index contributed by atoms with van der Waals surface area (Å²) >= 11 is 0. The number of anilines is 2. The second-order valence-corrected chi connectivity index (χ2v) is 5.82. The highest BCUT2D eigenvalue weighted by Gasteiger charge is 2.24. The van der Waals surface area contributed by atoms with Gasteiger partial charge in [0.1, 0.15) is 5.75 Å². The summed E-state index contributed by atoms with van der Waals surface area (Å²) < 4.78 is 5.78. The van der Waals surface area contributed by atoms with Crippen LogP contribution in [0.3, 0.4) is 0 Å². The first-order valence-electron chi connectivity index (χ1n) is 7.40. The van der Waals surface area contributed by atoms with Crippen LogP contribution in [0.2, 0.25) is 0 Å². The SMILES string of the molecule is CCCN(CC1CC1)c1cc(N)cc(OC(C)C)c1. The predicted octanol–water partition coefficient (Wildman–Crippen LogP) is 3.68. The highest BCUT2D eigenvalue weighted by atomic mass is 16.5. The summed E-state index contributed by atoms with van der Waals surface area (Å²) in [5.41, 5.74) is 7.99. The fourth-order valence-electron chi connectivity index (χ4n) is 2.34. The lowest BCUT2D eigenvalue weighted by Crippen LogP contribution is -2.26. The zero-order valence-corrected chi connectivity index (χ0v) is 12.4. The van der Waals surface area contributed by atoms with Crippen molar-refractivity contribution in [3.05, 3.63) is 18.2 Å². The maximum atomic E-state index is 6.01. The van der Waals surface area contributed by atoms with Crippen LogP contribution in [0, 0.1) is 5.92 Å². The summed E-state index contributed by atoms with van der Waals surface area (Å²) in [6.07, 6.45) is 4.08. The number of nitrogens with two attached hydrogens (primary N) is 1. The van der Waals surface area contributed by atoms with Gasteiger partial charge in [0.25, 0.3) is 0 Å². The van der Waals surface area contributed by atoms with E-state index < -0.39 is 0 Å². The number of rotatable bonds is 7. The van der Waals surface area contributed by atoms with Crippen molar-refractivity contribution in [3.8, 4) is 5.75 Å². The van der Waals surface area contributed by atoms with Crippen LogP contribution in [-0.2, 0) is 0 Å². The van der Waals surface area contributed by atoms with Crippen LogP contribution in [-0.4, -0.2) is 19.2 Å². The van der Waals surface area contributed by atoms with Crippen LogP contribution in [0.5, 0.6) is 5.75 Å². The number of hydrogen-bond donors (Lipinski definition) is 1. The molecule has 0 bridgehead atoms. The minimum absolute atomic E-state index is 0.178. The monoisotopic (exact) mass is 262 g/mol. The van der Waals surface area contributed by atoms with E-state index in [1.54, 1.807) is 0 Å². The van der Waals surface area contributed by atoms with Crippen LogP contribution in [0.4, 0.5) is 11.4 Å². The fraction of sp³-hybridized carbons (Fsp3) is 0.625. The molecule has 0 unspecified atom stereocenters. The molecule has 1 aromatic rings. The first-order chi connectivity index (χ1) is 9.08. The molecule has 2 N–H and O–H groups in total. The van der Waals surface area contributed by atoms with Crippen LogP contribution >= 0.6 is 0 Å². The Morgan fingerprint density at radius 3 is 2.63 bits per heavy atom. The van der Waals surface area contributed by atoms with Gasteiger partial charge in [-0.3, -0.25) is 0 Å². The maximum absolute atomic E-state index is 6.01. The van der Waals surface area contributed by atoms with Crippen molar-refractivity contribution in [3.63, 3.8) is 0 Å². The molecule has 106 valence electrons. The summed E-state index contributed by atoms with van der Waals surface area (Å²) in [4.78, 5) is 2.45. The molecule has 0 aliphatic heterocycles. The first-order valence-corrected chi connectivity index (χ1v) is 7.40. The van der Waals surface area contributed by atoms with Gasteiger partial charge in [0, 0.05) is 36.6 Å². The van der Waals surface area contributed by atoms with E-state index in [2.05, 4.69) is 24.0 Å². The highest BCUT2D eigenvalue weighted by Crippen LogP contribution is 2.33. The normalized spacial score (nSPS) is 14.7. The van der Waals surface area contributed by atoms with Crippen molar-refractivity contribution in [2.75, 3.05) is 23.7 Å². The maximum Gasteiger partial charge on any atom is 0.123 e. The van der Waals surface area contributed by atoms with Gasteiger partial charge < -0.3 is 15.4 Å². The molecule has 0 aromatic heterocycles. The molecule has 0 radical (unpaired) electrons. The number of nitrogen functional groups attached to an aromatic ring is 1. The molecule has 1 aromatic carbocycles. The zero-order chi connectivity index (χ0) is 13.8. The van der Waals surface area contributed by atoms with Gasteiger partial charge in [-0.05, 0) is 45.1 Å². The number of nitrogens with zero attached hydrogens (tertiary/aromatic N) is 1. The molecular formula is C16H26N2O. The smallest absolute Gasteiger partial charge is 0.123 e. The minimum atomic E-state index is 0.178. The van der Waals surface area contributed by atoms with Crippen LogP contribution in [0.15, 0.2) is 18.2 Å². The molecule has 0 saturated heterocycles. The van der Waals surface area contributed by atoms with E-state index >= 15 is 0 Å². The van der Waals surface area contributed by atoms with Gasteiger partial charge in [0.2, 0.25) is 0 Å². The summed E-state index contributed by atoms with van der Waals surface area (Å²) in [5.74, 6) is 1.75. The van der Waals surface area contributed by atoms with Crippen molar-refractivity contribution >= 4 is 11.4 Å². The second kappa shape index (κ2) is 6.18. The molecular weight excluding hydrogens is 236 g/mol. The molecule has 0 heterocycles. The molecule has 1 fully saturated rings. The third kappa shape index (κ3) is 4.34. The van der Waals surface area contributed by atoms with E-state index in [9.17, 15) is 0 Å². The first kappa shape index (κ1) is 14.0. The van der Waals surface area contributed by atoms with Gasteiger partial charge in [-0.15, -0.1) is 0 Å². The lowest BCUT2D eigenvalue weighted by Gasteiger charge is -2.25. The zero-order valence-electron chi connectivity index (χ0n) is 12.4. The van der Waals surface area contributed by atoms with Crippen LogP contribution < -0.4 is 15.4 Å². The van der Waals surface area contributed by atoms with E-state index in [1.807, 2.05) is 19.9 Å². The van der Waals surface area contributed by atoms with Crippen molar-refractivity contribution in [2.24, 2.45) is 5.92 Å². The van der Waals surface area contributed by atoms with Gasteiger partial charge in [-0.25, -0.2) is 0 Å². The Labute approximate surface area is 116 Å².